The van der Waals surface area contributed by atoms with Gasteiger partial charge in [0.15, 0.2) is 0 Å². The molecule has 0 amide bonds. The summed E-state index contributed by atoms with van der Waals surface area (Å²) in [6.45, 7) is 4.35. The Labute approximate surface area is 131 Å². The molecule has 3 heteroatoms. The third kappa shape index (κ3) is 3.58. The summed E-state index contributed by atoms with van der Waals surface area (Å²) in [7, 11) is 2.18. The summed E-state index contributed by atoms with van der Waals surface area (Å²) in [5.74, 6) is 0. The molecular weight excluding hydrogens is 280 g/mol. The van der Waals surface area contributed by atoms with Gasteiger partial charge in [-0.15, -0.1) is 0 Å². The van der Waals surface area contributed by atoms with Crippen molar-refractivity contribution in [2.75, 3.05) is 38.1 Å². The van der Waals surface area contributed by atoms with Gasteiger partial charge in [0.1, 0.15) is 0 Å². The molecule has 0 spiro atoms. The molecular formula is C18H21ClN2. The molecule has 0 bridgehead atoms. The van der Waals surface area contributed by atoms with Crippen LogP contribution < -0.4 is 4.90 Å². The van der Waals surface area contributed by atoms with E-state index in [0.717, 1.165) is 37.6 Å². The molecule has 110 valence electrons. The van der Waals surface area contributed by atoms with E-state index in [1.165, 1.54) is 16.8 Å². The second-order valence-electron chi connectivity index (χ2n) is 5.73. The predicted molar refractivity (Wildman–Crippen MR) is 90.4 cm³/mol. The fourth-order valence-corrected chi connectivity index (χ4v) is 3.01. The lowest BCUT2D eigenvalue weighted by molar-refractivity contribution is 0.312. The molecule has 2 aromatic carbocycles. The third-order valence-corrected chi connectivity index (χ3v) is 4.36. The van der Waals surface area contributed by atoms with E-state index in [1.807, 2.05) is 6.07 Å². The van der Waals surface area contributed by atoms with E-state index in [0.29, 0.717) is 0 Å². The second-order valence-corrected chi connectivity index (χ2v) is 6.16. The zero-order chi connectivity index (χ0) is 14.7. The van der Waals surface area contributed by atoms with Gasteiger partial charge in [0.05, 0.1) is 0 Å². The largest absolute Gasteiger partial charge is 0.369 e. The average molecular weight is 301 g/mol. The first kappa shape index (κ1) is 14.4. The molecule has 21 heavy (non-hydrogen) atoms. The van der Waals surface area contributed by atoms with Gasteiger partial charge >= 0.3 is 0 Å². The normalized spacial score (nSPS) is 16.2. The number of anilines is 1. The lowest BCUT2D eigenvalue weighted by Crippen LogP contribution is -2.44. The maximum atomic E-state index is 6.23. The van der Waals surface area contributed by atoms with Gasteiger partial charge in [-0.05, 0) is 36.7 Å². The van der Waals surface area contributed by atoms with Crippen LogP contribution >= 0.6 is 11.6 Å². The highest BCUT2D eigenvalue weighted by atomic mass is 35.5. The molecule has 1 saturated heterocycles. The van der Waals surface area contributed by atoms with E-state index in [9.17, 15) is 0 Å². The number of likely N-dealkylation sites (N-methyl/N-ethyl adjacent to an activating group) is 1. The van der Waals surface area contributed by atoms with Gasteiger partial charge in [0.25, 0.3) is 0 Å². The van der Waals surface area contributed by atoms with Crippen LogP contribution in [0.3, 0.4) is 0 Å². The SMILES string of the molecule is CN1CCN(c2cc(Cl)ccc2Cc2ccccc2)CC1. The van der Waals surface area contributed by atoms with Crippen molar-refractivity contribution >= 4 is 17.3 Å². The van der Waals surface area contributed by atoms with Gasteiger partial charge in [-0.25, -0.2) is 0 Å². The Bertz CT molecular complexity index is 589. The molecule has 1 fully saturated rings. The molecule has 3 rings (SSSR count). The van der Waals surface area contributed by atoms with Crippen molar-refractivity contribution < 1.29 is 0 Å². The van der Waals surface area contributed by atoms with Crippen LogP contribution in [0.25, 0.3) is 0 Å². The van der Waals surface area contributed by atoms with Crippen molar-refractivity contribution in [1.82, 2.24) is 4.90 Å². The summed E-state index contributed by atoms with van der Waals surface area (Å²) >= 11 is 6.23. The van der Waals surface area contributed by atoms with Crippen molar-refractivity contribution in [2.24, 2.45) is 0 Å². The molecule has 0 atom stereocenters. The first-order valence-electron chi connectivity index (χ1n) is 7.48. The minimum absolute atomic E-state index is 0.820. The highest BCUT2D eigenvalue weighted by Crippen LogP contribution is 2.28. The summed E-state index contributed by atoms with van der Waals surface area (Å²) < 4.78 is 0. The van der Waals surface area contributed by atoms with Crippen molar-refractivity contribution in [1.29, 1.82) is 0 Å². The van der Waals surface area contributed by atoms with Crippen LogP contribution in [-0.2, 0) is 6.42 Å². The highest BCUT2D eigenvalue weighted by Gasteiger charge is 2.17. The van der Waals surface area contributed by atoms with Crippen LogP contribution in [0.15, 0.2) is 48.5 Å². The third-order valence-electron chi connectivity index (χ3n) is 4.13. The smallest absolute Gasteiger partial charge is 0.0426 e. The molecule has 0 unspecified atom stereocenters. The molecule has 1 aliphatic heterocycles. The predicted octanol–water partition coefficient (Wildman–Crippen LogP) is 3.68. The van der Waals surface area contributed by atoms with Crippen molar-refractivity contribution in [3.63, 3.8) is 0 Å². The molecule has 0 aliphatic carbocycles. The zero-order valence-electron chi connectivity index (χ0n) is 12.4. The van der Waals surface area contributed by atoms with Crippen LogP contribution in [0, 0.1) is 0 Å². The van der Waals surface area contributed by atoms with E-state index >= 15 is 0 Å². The van der Waals surface area contributed by atoms with Gasteiger partial charge in [-0.2, -0.15) is 0 Å². The lowest BCUT2D eigenvalue weighted by Gasteiger charge is -2.35. The van der Waals surface area contributed by atoms with Crippen LogP contribution in [0.2, 0.25) is 5.02 Å². The monoisotopic (exact) mass is 300 g/mol. The molecule has 1 aliphatic rings. The van der Waals surface area contributed by atoms with E-state index in [2.05, 4.69) is 59.3 Å². The zero-order valence-corrected chi connectivity index (χ0v) is 13.2. The summed E-state index contributed by atoms with van der Waals surface area (Å²) in [5.41, 5.74) is 3.99. The van der Waals surface area contributed by atoms with E-state index in [-0.39, 0.29) is 0 Å². The topological polar surface area (TPSA) is 6.48 Å². The quantitative estimate of drug-likeness (QED) is 0.853. The molecule has 0 saturated carbocycles. The standard InChI is InChI=1S/C18H21ClN2/c1-20-9-11-21(12-10-20)18-14-17(19)8-7-16(18)13-15-5-3-2-4-6-15/h2-8,14H,9-13H2,1H3. The van der Waals surface area contributed by atoms with Crippen molar-refractivity contribution in [3.8, 4) is 0 Å². The molecule has 2 nitrogen and oxygen atoms in total. The van der Waals surface area contributed by atoms with E-state index < -0.39 is 0 Å². The molecule has 0 aromatic heterocycles. The average Bonchev–Trinajstić information content (AvgIpc) is 2.51. The van der Waals surface area contributed by atoms with Gasteiger partial charge in [-0.3, -0.25) is 0 Å². The van der Waals surface area contributed by atoms with Gasteiger partial charge in [-0.1, -0.05) is 48.0 Å². The summed E-state index contributed by atoms with van der Waals surface area (Å²) in [5, 5.41) is 0.820. The van der Waals surface area contributed by atoms with Gasteiger partial charge in [0.2, 0.25) is 0 Å². The fraction of sp³-hybridized carbons (Fsp3) is 0.333. The van der Waals surface area contributed by atoms with Crippen molar-refractivity contribution in [3.05, 3.63) is 64.7 Å². The highest BCUT2D eigenvalue weighted by molar-refractivity contribution is 6.30. The Kier molecular flexibility index (Phi) is 4.47. The number of hydrogen-bond donors (Lipinski definition) is 0. The molecule has 1 heterocycles. The lowest BCUT2D eigenvalue weighted by atomic mass is 10.0. The first-order valence-corrected chi connectivity index (χ1v) is 7.86. The van der Waals surface area contributed by atoms with Crippen LogP contribution in [0.5, 0.6) is 0 Å². The minimum atomic E-state index is 0.820. The molecule has 0 radical (unpaired) electrons. The molecule has 0 N–H and O–H groups in total. The van der Waals surface area contributed by atoms with Crippen LogP contribution in [0.4, 0.5) is 5.69 Å². The number of piperazine rings is 1. The Balaban J connectivity index is 1.86. The molecule has 2 aromatic rings. The maximum absolute atomic E-state index is 6.23. The summed E-state index contributed by atoms with van der Waals surface area (Å²) in [6, 6.07) is 16.9. The number of halogens is 1. The Hall–Kier alpha value is -1.51. The van der Waals surface area contributed by atoms with E-state index in [1.54, 1.807) is 0 Å². The van der Waals surface area contributed by atoms with Crippen molar-refractivity contribution in [2.45, 2.75) is 6.42 Å². The number of rotatable bonds is 3. The second kappa shape index (κ2) is 6.50. The van der Waals surface area contributed by atoms with Gasteiger partial charge < -0.3 is 9.80 Å². The first-order chi connectivity index (χ1) is 10.2. The van der Waals surface area contributed by atoms with Crippen LogP contribution in [0.1, 0.15) is 11.1 Å². The summed E-state index contributed by atoms with van der Waals surface area (Å²) in [4.78, 5) is 4.84. The number of nitrogens with zero attached hydrogens (tertiary/aromatic N) is 2. The number of benzene rings is 2. The minimum Gasteiger partial charge on any atom is -0.369 e. The number of hydrogen-bond acceptors (Lipinski definition) is 2. The Morgan fingerprint density at radius 1 is 0.952 bits per heavy atom. The van der Waals surface area contributed by atoms with Gasteiger partial charge in [0, 0.05) is 36.9 Å². The van der Waals surface area contributed by atoms with Crippen LogP contribution in [-0.4, -0.2) is 38.1 Å². The fourth-order valence-electron chi connectivity index (χ4n) is 2.84. The van der Waals surface area contributed by atoms with E-state index in [4.69, 9.17) is 11.6 Å². The Morgan fingerprint density at radius 2 is 1.67 bits per heavy atom. The Morgan fingerprint density at radius 3 is 2.38 bits per heavy atom. The maximum Gasteiger partial charge on any atom is 0.0426 e. The summed E-state index contributed by atoms with van der Waals surface area (Å²) in [6.07, 6.45) is 0.958.